The molecule has 2 rings (SSSR count). The van der Waals surface area contributed by atoms with Crippen LogP contribution in [0.4, 0.5) is 13.2 Å². The number of halogens is 3. The van der Waals surface area contributed by atoms with Crippen LogP contribution in [0.15, 0.2) is 24.3 Å². The summed E-state index contributed by atoms with van der Waals surface area (Å²) in [6.45, 7) is 4.53. The lowest BCUT2D eigenvalue weighted by atomic mass is 9.94. The van der Waals surface area contributed by atoms with Crippen LogP contribution >= 0.6 is 0 Å². The molecule has 1 aromatic rings. The molecule has 1 fully saturated rings. The van der Waals surface area contributed by atoms with Gasteiger partial charge in [-0.25, -0.2) is 0 Å². The van der Waals surface area contributed by atoms with Gasteiger partial charge in [0.15, 0.2) is 0 Å². The standard InChI is InChI=1S/C16H23F3N2O2/c1-15(22,11-20-9-14-10-21(2)6-7-23-14)12-4-3-5-13(8-12)16(17,18)19/h3-5,8,14,20,22H,6-7,9-11H2,1-2H3/t14-,15-/m1/s1. The summed E-state index contributed by atoms with van der Waals surface area (Å²) in [5.74, 6) is 0. The number of rotatable bonds is 5. The van der Waals surface area contributed by atoms with E-state index in [0.29, 0.717) is 13.2 Å². The molecule has 0 aromatic heterocycles. The first-order valence-electron chi connectivity index (χ1n) is 7.59. The minimum Gasteiger partial charge on any atom is -0.384 e. The quantitative estimate of drug-likeness (QED) is 0.864. The SMILES string of the molecule is CN1CCO[C@H](CNC[C@@](C)(O)c2cccc(C(F)(F)F)c2)C1. The Balaban J connectivity index is 1.93. The second-order valence-corrected chi connectivity index (χ2v) is 6.24. The highest BCUT2D eigenvalue weighted by Gasteiger charge is 2.32. The Morgan fingerprint density at radius 2 is 2.04 bits per heavy atom. The zero-order valence-corrected chi connectivity index (χ0v) is 13.4. The number of morpholine rings is 1. The van der Waals surface area contributed by atoms with E-state index in [1.54, 1.807) is 0 Å². The molecule has 1 aliphatic heterocycles. The lowest BCUT2D eigenvalue weighted by Crippen LogP contribution is -2.47. The Bertz CT molecular complexity index is 520. The zero-order valence-electron chi connectivity index (χ0n) is 13.4. The highest BCUT2D eigenvalue weighted by Crippen LogP contribution is 2.31. The summed E-state index contributed by atoms with van der Waals surface area (Å²) in [6, 6.07) is 4.80. The number of nitrogens with one attached hydrogen (secondary N) is 1. The lowest BCUT2D eigenvalue weighted by Gasteiger charge is -2.31. The van der Waals surface area contributed by atoms with Gasteiger partial charge in [-0.3, -0.25) is 0 Å². The van der Waals surface area contributed by atoms with E-state index in [2.05, 4.69) is 10.2 Å². The van der Waals surface area contributed by atoms with E-state index >= 15 is 0 Å². The molecule has 1 aliphatic rings. The molecule has 0 spiro atoms. The van der Waals surface area contributed by atoms with Crippen molar-refractivity contribution in [1.82, 2.24) is 10.2 Å². The first-order chi connectivity index (χ1) is 10.7. The summed E-state index contributed by atoms with van der Waals surface area (Å²) < 4.78 is 43.9. The van der Waals surface area contributed by atoms with Crippen LogP contribution in [0.25, 0.3) is 0 Å². The van der Waals surface area contributed by atoms with Crippen LogP contribution < -0.4 is 5.32 Å². The van der Waals surface area contributed by atoms with Gasteiger partial charge in [0, 0.05) is 26.2 Å². The van der Waals surface area contributed by atoms with Gasteiger partial charge in [-0.1, -0.05) is 12.1 Å². The van der Waals surface area contributed by atoms with Crippen LogP contribution in [-0.2, 0) is 16.5 Å². The molecular weight excluding hydrogens is 309 g/mol. The van der Waals surface area contributed by atoms with Gasteiger partial charge in [-0.05, 0) is 31.7 Å². The van der Waals surface area contributed by atoms with E-state index < -0.39 is 17.3 Å². The third kappa shape index (κ3) is 5.17. The number of hydrogen-bond donors (Lipinski definition) is 2. The Kier molecular flexibility index (Phi) is 5.67. The molecule has 1 aromatic carbocycles. The smallest absolute Gasteiger partial charge is 0.384 e. The Labute approximate surface area is 134 Å². The van der Waals surface area contributed by atoms with Crippen LogP contribution in [-0.4, -0.2) is 55.9 Å². The van der Waals surface area contributed by atoms with Crippen LogP contribution in [0.2, 0.25) is 0 Å². The second-order valence-electron chi connectivity index (χ2n) is 6.24. The van der Waals surface area contributed by atoms with E-state index in [9.17, 15) is 18.3 Å². The summed E-state index contributed by atoms with van der Waals surface area (Å²) in [5, 5.41) is 13.6. The Hall–Kier alpha value is -1.15. The summed E-state index contributed by atoms with van der Waals surface area (Å²) in [6.07, 6.45) is -4.40. The van der Waals surface area contributed by atoms with Crippen LogP contribution in [0, 0.1) is 0 Å². The summed E-state index contributed by atoms with van der Waals surface area (Å²) in [7, 11) is 2.01. The normalized spacial score (nSPS) is 22.8. The Morgan fingerprint density at radius 3 is 2.70 bits per heavy atom. The van der Waals surface area contributed by atoms with Crippen molar-refractivity contribution >= 4 is 0 Å². The molecule has 0 bridgehead atoms. The lowest BCUT2D eigenvalue weighted by molar-refractivity contribution is -0.137. The van der Waals surface area contributed by atoms with Gasteiger partial charge in [-0.2, -0.15) is 13.2 Å². The molecular formula is C16H23F3N2O2. The molecule has 0 radical (unpaired) electrons. The fraction of sp³-hybridized carbons (Fsp3) is 0.625. The van der Waals surface area contributed by atoms with Crippen LogP contribution in [0.5, 0.6) is 0 Å². The highest BCUT2D eigenvalue weighted by molar-refractivity contribution is 5.29. The molecule has 0 unspecified atom stereocenters. The molecule has 2 atom stereocenters. The number of benzene rings is 1. The largest absolute Gasteiger partial charge is 0.416 e. The van der Waals surface area contributed by atoms with Crippen molar-refractivity contribution in [2.75, 3.05) is 39.8 Å². The van der Waals surface area contributed by atoms with Gasteiger partial charge in [0.1, 0.15) is 0 Å². The molecule has 2 N–H and O–H groups in total. The summed E-state index contributed by atoms with van der Waals surface area (Å²) in [4.78, 5) is 2.15. The van der Waals surface area contributed by atoms with Gasteiger partial charge >= 0.3 is 6.18 Å². The van der Waals surface area contributed by atoms with Crippen molar-refractivity contribution in [2.45, 2.75) is 24.8 Å². The van der Waals surface area contributed by atoms with Crippen molar-refractivity contribution in [1.29, 1.82) is 0 Å². The van der Waals surface area contributed by atoms with Crippen molar-refractivity contribution in [3.05, 3.63) is 35.4 Å². The third-order valence-corrected chi connectivity index (χ3v) is 3.99. The Morgan fingerprint density at radius 1 is 1.35 bits per heavy atom. The fourth-order valence-corrected chi connectivity index (χ4v) is 2.60. The molecule has 1 saturated heterocycles. The van der Waals surface area contributed by atoms with E-state index in [-0.39, 0.29) is 18.2 Å². The maximum Gasteiger partial charge on any atom is 0.416 e. The molecule has 0 aliphatic carbocycles. The number of aliphatic hydroxyl groups is 1. The number of alkyl halides is 3. The van der Waals surface area contributed by atoms with E-state index in [4.69, 9.17) is 4.74 Å². The predicted octanol–water partition coefficient (Wildman–Crippen LogP) is 1.83. The van der Waals surface area contributed by atoms with E-state index in [1.807, 2.05) is 7.05 Å². The number of hydrogen-bond acceptors (Lipinski definition) is 4. The van der Waals surface area contributed by atoms with Gasteiger partial charge < -0.3 is 20.1 Å². The molecule has 130 valence electrons. The summed E-state index contributed by atoms with van der Waals surface area (Å²) >= 11 is 0. The topological polar surface area (TPSA) is 44.7 Å². The molecule has 23 heavy (non-hydrogen) atoms. The first-order valence-corrected chi connectivity index (χ1v) is 7.59. The molecule has 7 heteroatoms. The van der Waals surface area contributed by atoms with Crippen LogP contribution in [0.1, 0.15) is 18.1 Å². The van der Waals surface area contributed by atoms with Crippen molar-refractivity contribution in [2.24, 2.45) is 0 Å². The van der Waals surface area contributed by atoms with Gasteiger partial charge in [0.2, 0.25) is 0 Å². The van der Waals surface area contributed by atoms with Gasteiger partial charge in [0.25, 0.3) is 0 Å². The van der Waals surface area contributed by atoms with Crippen molar-refractivity contribution in [3.63, 3.8) is 0 Å². The number of likely N-dealkylation sites (N-methyl/N-ethyl adjacent to an activating group) is 1. The zero-order chi connectivity index (χ0) is 17.1. The third-order valence-electron chi connectivity index (χ3n) is 3.99. The van der Waals surface area contributed by atoms with Crippen LogP contribution in [0.3, 0.4) is 0 Å². The second kappa shape index (κ2) is 7.17. The molecule has 4 nitrogen and oxygen atoms in total. The molecule has 1 heterocycles. The highest BCUT2D eigenvalue weighted by atomic mass is 19.4. The molecule has 0 amide bonds. The maximum absolute atomic E-state index is 12.8. The predicted molar refractivity (Wildman–Crippen MR) is 81.1 cm³/mol. The maximum atomic E-state index is 12.8. The fourth-order valence-electron chi connectivity index (χ4n) is 2.60. The minimum atomic E-state index is -4.42. The first kappa shape index (κ1) is 18.2. The monoisotopic (exact) mass is 332 g/mol. The minimum absolute atomic E-state index is 0.0195. The number of nitrogens with zero attached hydrogens (tertiary/aromatic N) is 1. The van der Waals surface area contributed by atoms with Crippen molar-refractivity contribution < 1.29 is 23.0 Å². The number of ether oxygens (including phenoxy) is 1. The van der Waals surface area contributed by atoms with Crippen molar-refractivity contribution in [3.8, 4) is 0 Å². The molecule has 0 saturated carbocycles. The van der Waals surface area contributed by atoms with Gasteiger partial charge in [0.05, 0.1) is 23.9 Å². The average Bonchev–Trinajstić information content (AvgIpc) is 2.46. The average molecular weight is 332 g/mol. The van der Waals surface area contributed by atoms with E-state index in [1.165, 1.54) is 19.1 Å². The van der Waals surface area contributed by atoms with E-state index in [0.717, 1.165) is 25.2 Å². The van der Waals surface area contributed by atoms with Gasteiger partial charge in [-0.15, -0.1) is 0 Å². The summed E-state index contributed by atoms with van der Waals surface area (Å²) in [5.41, 5.74) is -1.91.